The number of benzene rings is 1. The summed E-state index contributed by atoms with van der Waals surface area (Å²) >= 11 is 7.43. The van der Waals surface area contributed by atoms with Crippen LogP contribution in [0.1, 0.15) is 5.56 Å². The smallest absolute Gasteiger partial charge is 0.224 e. The lowest BCUT2D eigenvalue weighted by Gasteiger charge is -2.07. The molecule has 1 N–H and O–H groups in total. The molecule has 0 saturated carbocycles. The van der Waals surface area contributed by atoms with Crippen molar-refractivity contribution in [3.8, 4) is 0 Å². The van der Waals surface area contributed by atoms with E-state index in [4.69, 9.17) is 11.6 Å². The summed E-state index contributed by atoms with van der Waals surface area (Å²) in [6.07, 6.45) is 0. The molecule has 19 heavy (non-hydrogen) atoms. The highest BCUT2D eigenvalue weighted by Crippen LogP contribution is 2.27. The van der Waals surface area contributed by atoms with Crippen molar-refractivity contribution in [1.82, 2.24) is 9.97 Å². The average molecular weight is 294 g/mol. The zero-order valence-corrected chi connectivity index (χ0v) is 11.3. The Labute approximate surface area is 118 Å². The molecule has 1 aromatic carbocycles. The molecule has 3 rings (SSSR count). The van der Waals surface area contributed by atoms with Gasteiger partial charge in [-0.25, -0.2) is 9.37 Å². The van der Waals surface area contributed by atoms with Crippen LogP contribution in [-0.4, -0.2) is 9.97 Å². The minimum absolute atomic E-state index is 0.215. The fraction of sp³-hybridized carbons (Fsp3) is 0.0769. The molecular formula is C13H9ClFN3S. The fourth-order valence-corrected chi connectivity index (χ4v) is 2.72. The van der Waals surface area contributed by atoms with Gasteiger partial charge in [-0.1, -0.05) is 12.1 Å². The van der Waals surface area contributed by atoms with Gasteiger partial charge in [-0.3, -0.25) is 0 Å². The molecule has 0 atom stereocenters. The van der Waals surface area contributed by atoms with E-state index in [9.17, 15) is 4.39 Å². The number of rotatable bonds is 3. The van der Waals surface area contributed by atoms with Gasteiger partial charge < -0.3 is 5.32 Å². The molecule has 0 unspecified atom stereocenters. The minimum Gasteiger partial charge on any atom is -0.365 e. The van der Waals surface area contributed by atoms with Crippen molar-refractivity contribution in [2.75, 3.05) is 5.32 Å². The van der Waals surface area contributed by atoms with Crippen molar-refractivity contribution in [3.05, 3.63) is 52.4 Å². The number of aromatic nitrogens is 2. The third-order valence-corrected chi connectivity index (χ3v) is 3.73. The zero-order valence-electron chi connectivity index (χ0n) is 9.73. The van der Waals surface area contributed by atoms with E-state index in [-0.39, 0.29) is 11.1 Å². The molecular weight excluding hydrogens is 285 g/mol. The summed E-state index contributed by atoms with van der Waals surface area (Å²) in [4.78, 5) is 8.32. The summed E-state index contributed by atoms with van der Waals surface area (Å²) in [7, 11) is 0. The lowest BCUT2D eigenvalue weighted by atomic mass is 10.2. The maximum absolute atomic E-state index is 12.8. The largest absolute Gasteiger partial charge is 0.365 e. The van der Waals surface area contributed by atoms with Crippen LogP contribution in [0.5, 0.6) is 0 Å². The molecule has 0 radical (unpaired) electrons. The summed E-state index contributed by atoms with van der Waals surface area (Å²) in [5.74, 6) is 0.462. The number of hydrogen-bond donors (Lipinski definition) is 1. The molecule has 0 aliphatic rings. The predicted molar refractivity (Wildman–Crippen MR) is 76.2 cm³/mol. The lowest BCUT2D eigenvalue weighted by Crippen LogP contribution is -2.02. The van der Waals surface area contributed by atoms with Crippen molar-refractivity contribution >= 4 is 39.0 Å². The maximum Gasteiger partial charge on any atom is 0.224 e. The molecule has 0 aliphatic carbocycles. The number of anilines is 1. The van der Waals surface area contributed by atoms with Crippen molar-refractivity contribution in [1.29, 1.82) is 0 Å². The molecule has 0 spiro atoms. The van der Waals surface area contributed by atoms with Crippen LogP contribution >= 0.6 is 22.9 Å². The van der Waals surface area contributed by atoms with Crippen LogP contribution < -0.4 is 5.32 Å². The Bertz CT molecular complexity index is 711. The maximum atomic E-state index is 12.8. The fourth-order valence-electron chi connectivity index (χ4n) is 1.74. The topological polar surface area (TPSA) is 37.8 Å². The predicted octanol–water partition coefficient (Wildman–Crippen LogP) is 4.10. The first-order chi connectivity index (χ1) is 9.22. The summed E-state index contributed by atoms with van der Waals surface area (Å²) in [6.45, 7) is 0.556. The Balaban J connectivity index is 1.85. The molecule has 96 valence electrons. The molecule has 6 heteroatoms. The highest BCUT2D eigenvalue weighted by Gasteiger charge is 2.07. The van der Waals surface area contributed by atoms with E-state index >= 15 is 0 Å². The van der Waals surface area contributed by atoms with Crippen LogP contribution in [0.25, 0.3) is 10.2 Å². The zero-order chi connectivity index (χ0) is 13.2. The van der Waals surface area contributed by atoms with Crippen LogP contribution in [0.2, 0.25) is 5.28 Å². The van der Waals surface area contributed by atoms with E-state index in [1.54, 1.807) is 23.5 Å². The van der Waals surface area contributed by atoms with E-state index in [1.165, 1.54) is 12.1 Å². The van der Waals surface area contributed by atoms with Crippen LogP contribution in [-0.2, 0) is 6.54 Å². The molecule has 0 amide bonds. The SMILES string of the molecule is Fc1ccc(CNc2nc(Cl)nc3ccsc23)cc1. The Morgan fingerprint density at radius 3 is 2.74 bits per heavy atom. The normalized spacial score (nSPS) is 10.8. The standard InChI is InChI=1S/C13H9ClFN3S/c14-13-17-10-5-6-19-11(10)12(18-13)16-7-8-1-3-9(15)4-2-8/h1-6H,7H2,(H,16,17,18). The van der Waals surface area contributed by atoms with E-state index in [1.807, 2.05) is 11.4 Å². The van der Waals surface area contributed by atoms with Crippen LogP contribution in [0, 0.1) is 5.82 Å². The first-order valence-electron chi connectivity index (χ1n) is 5.61. The molecule has 3 nitrogen and oxygen atoms in total. The van der Waals surface area contributed by atoms with Crippen molar-refractivity contribution in [3.63, 3.8) is 0 Å². The first kappa shape index (κ1) is 12.3. The number of nitrogens with zero attached hydrogens (tertiary/aromatic N) is 2. The van der Waals surface area contributed by atoms with Gasteiger partial charge in [0.2, 0.25) is 5.28 Å². The molecule has 0 fully saturated rings. The Kier molecular flexibility index (Phi) is 3.31. The number of thiophene rings is 1. The monoisotopic (exact) mass is 293 g/mol. The highest BCUT2D eigenvalue weighted by molar-refractivity contribution is 7.17. The van der Waals surface area contributed by atoms with Crippen molar-refractivity contribution in [2.45, 2.75) is 6.54 Å². The molecule has 0 saturated heterocycles. The Morgan fingerprint density at radius 1 is 1.16 bits per heavy atom. The quantitative estimate of drug-likeness (QED) is 0.739. The van der Waals surface area contributed by atoms with Gasteiger partial charge in [-0.2, -0.15) is 4.98 Å². The number of halogens is 2. The molecule has 2 heterocycles. The van der Waals surface area contributed by atoms with E-state index in [2.05, 4.69) is 15.3 Å². The van der Waals surface area contributed by atoms with Gasteiger partial charge in [0.05, 0.1) is 10.2 Å². The Hall–Kier alpha value is -1.72. The second-order valence-corrected chi connectivity index (χ2v) is 5.21. The van der Waals surface area contributed by atoms with E-state index in [0.29, 0.717) is 12.4 Å². The summed E-state index contributed by atoms with van der Waals surface area (Å²) in [6, 6.07) is 8.24. The molecule has 0 aliphatic heterocycles. The average Bonchev–Trinajstić information content (AvgIpc) is 2.85. The molecule has 0 bridgehead atoms. The molecule has 3 aromatic rings. The van der Waals surface area contributed by atoms with E-state index in [0.717, 1.165) is 15.8 Å². The third kappa shape index (κ3) is 2.67. The van der Waals surface area contributed by atoms with E-state index < -0.39 is 0 Å². The van der Waals surface area contributed by atoms with Gasteiger partial charge in [0, 0.05) is 6.54 Å². The molecule has 2 aromatic heterocycles. The number of nitrogens with one attached hydrogen (secondary N) is 1. The van der Waals surface area contributed by atoms with Crippen LogP contribution in [0.3, 0.4) is 0 Å². The first-order valence-corrected chi connectivity index (χ1v) is 6.87. The van der Waals surface area contributed by atoms with Crippen molar-refractivity contribution < 1.29 is 4.39 Å². The van der Waals surface area contributed by atoms with Crippen molar-refractivity contribution in [2.24, 2.45) is 0 Å². The van der Waals surface area contributed by atoms with Gasteiger partial charge >= 0.3 is 0 Å². The van der Waals surface area contributed by atoms with Crippen LogP contribution in [0.4, 0.5) is 10.2 Å². The summed E-state index contributed by atoms with van der Waals surface area (Å²) in [5.41, 5.74) is 1.80. The second-order valence-electron chi connectivity index (χ2n) is 3.96. The highest BCUT2D eigenvalue weighted by atomic mass is 35.5. The van der Waals surface area contributed by atoms with Gasteiger partial charge in [-0.05, 0) is 40.7 Å². The third-order valence-electron chi connectivity index (χ3n) is 2.65. The van der Waals surface area contributed by atoms with Gasteiger partial charge in [-0.15, -0.1) is 11.3 Å². The van der Waals surface area contributed by atoms with Gasteiger partial charge in [0.25, 0.3) is 0 Å². The second kappa shape index (κ2) is 5.11. The minimum atomic E-state index is -0.241. The van der Waals surface area contributed by atoms with Crippen LogP contribution in [0.15, 0.2) is 35.7 Å². The number of hydrogen-bond acceptors (Lipinski definition) is 4. The number of fused-ring (bicyclic) bond motifs is 1. The lowest BCUT2D eigenvalue weighted by molar-refractivity contribution is 0.627. The van der Waals surface area contributed by atoms with Gasteiger partial charge in [0.1, 0.15) is 11.6 Å². The summed E-state index contributed by atoms with van der Waals surface area (Å²) in [5, 5.41) is 5.36. The summed E-state index contributed by atoms with van der Waals surface area (Å²) < 4.78 is 13.8. The van der Waals surface area contributed by atoms with Gasteiger partial charge in [0.15, 0.2) is 0 Å². The Morgan fingerprint density at radius 2 is 1.95 bits per heavy atom.